The molecule has 80 heavy (non-hydrogen) atoms. The summed E-state index contributed by atoms with van der Waals surface area (Å²) < 4.78 is 67.4. The molecule has 0 radical (unpaired) electrons. The minimum atomic E-state index is -4.94. The average Bonchev–Trinajstić information content (AvgIpc) is 3.43. The van der Waals surface area contributed by atoms with Crippen LogP contribution in [0, 0.1) is 5.92 Å². The molecule has 0 saturated heterocycles. The third-order valence-electron chi connectivity index (χ3n) is 14.4. The van der Waals surface area contributed by atoms with Crippen molar-refractivity contribution in [2.45, 2.75) is 323 Å². The van der Waals surface area contributed by atoms with Crippen LogP contribution in [0.1, 0.15) is 304 Å². The Kier molecular flexibility index (Phi) is 53.6. The third kappa shape index (κ3) is 54.0. The summed E-state index contributed by atoms with van der Waals surface area (Å²) in [6.07, 6.45) is 38.6. The Balaban J connectivity index is 5.04. The van der Waals surface area contributed by atoms with Gasteiger partial charge < -0.3 is 33.8 Å². The van der Waals surface area contributed by atoms with Gasteiger partial charge in [-0.15, -0.1) is 0 Å². The van der Waals surface area contributed by atoms with Crippen LogP contribution in [-0.4, -0.2) is 96.7 Å². The highest BCUT2D eigenvalue weighted by Crippen LogP contribution is 2.45. The zero-order valence-corrected chi connectivity index (χ0v) is 53.0. The lowest BCUT2D eigenvalue weighted by Gasteiger charge is -2.21. The third-order valence-corrected chi connectivity index (χ3v) is 16.3. The van der Waals surface area contributed by atoms with Gasteiger partial charge in [0.2, 0.25) is 0 Å². The van der Waals surface area contributed by atoms with E-state index < -0.39 is 97.5 Å². The first-order valence-corrected chi connectivity index (χ1v) is 35.2. The van der Waals surface area contributed by atoms with Gasteiger partial charge in [0.05, 0.1) is 26.4 Å². The molecule has 0 fully saturated rings. The molecule has 3 N–H and O–H groups in total. The normalized spacial score (nSPS) is 14.7. The summed E-state index contributed by atoms with van der Waals surface area (Å²) in [6.45, 7) is 6.94. The minimum absolute atomic E-state index is 0.0987. The summed E-state index contributed by atoms with van der Waals surface area (Å²) in [7, 11) is -9.86. The first-order chi connectivity index (χ1) is 38.6. The molecule has 0 amide bonds. The number of hydrogen-bond acceptors (Lipinski definition) is 15. The van der Waals surface area contributed by atoms with E-state index in [2.05, 4.69) is 34.6 Å². The van der Waals surface area contributed by atoms with Crippen molar-refractivity contribution in [3.8, 4) is 0 Å². The highest BCUT2D eigenvalue weighted by molar-refractivity contribution is 7.47. The second-order valence-corrected chi connectivity index (χ2v) is 25.2. The van der Waals surface area contributed by atoms with E-state index in [1.165, 1.54) is 116 Å². The predicted octanol–water partition coefficient (Wildman–Crippen LogP) is 16.6. The van der Waals surface area contributed by atoms with Crippen molar-refractivity contribution in [3.05, 3.63) is 0 Å². The molecular formula is C61H118O17P2. The maximum absolute atomic E-state index is 13.0. The largest absolute Gasteiger partial charge is 0.472 e. The van der Waals surface area contributed by atoms with Gasteiger partial charge in [0.1, 0.15) is 19.3 Å². The van der Waals surface area contributed by atoms with E-state index in [9.17, 15) is 43.2 Å². The highest BCUT2D eigenvalue weighted by atomic mass is 31.2. The highest BCUT2D eigenvalue weighted by Gasteiger charge is 2.30. The Morgan fingerprint density at radius 1 is 0.350 bits per heavy atom. The van der Waals surface area contributed by atoms with E-state index >= 15 is 0 Å². The van der Waals surface area contributed by atoms with E-state index in [0.717, 1.165) is 109 Å². The second kappa shape index (κ2) is 55.0. The van der Waals surface area contributed by atoms with Crippen LogP contribution in [0.5, 0.6) is 0 Å². The van der Waals surface area contributed by atoms with Gasteiger partial charge in [-0.3, -0.25) is 37.3 Å². The second-order valence-electron chi connectivity index (χ2n) is 22.3. The van der Waals surface area contributed by atoms with E-state index in [1.54, 1.807) is 0 Å². The van der Waals surface area contributed by atoms with Crippen molar-refractivity contribution in [2.24, 2.45) is 5.92 Å². The lowest BCUT2D eigenvalue weighted by atomic mass is 10.00. The topological polar surface area (TPSA) is 237 Å². The van der Waals surface area contributed by atoms with Crippen LogP contribution in [0.25, 0.3) is 0 Å². The van der Waals surface area contributed by atoms with Crippen LogP contribution in [0.3, 0.4) is 0 Å². The SMILES string of the molecule is CCCCCCCCCCCCCCCCCCCCCCC(=O)O[C@H](COC(=O)CCCCCCCCC(C)CC)COP(=O)(O)OC[C@@H](O)COP(=O)(O)OC[C@@H](COC(=O)CCCCCCC)OC(=O)CCCCCCC. The van der Waals surface area contributed by atoms with Crippen molar-refractivity contribution in [3.63, 3.8) is 0 Å². The molecule has 19 heteroatoms. The Hall–Kier alpha value is -1.94. The smallest absolute Gasteiger partial charge is 0.462 e. The summed E-state index contributed by atoms with van der Waals surface area (Å²) in [5.74, 6) is -1.43. The number of hydrogen-bond donors (Lipinski definition) is 3. The number of esters is 4. The fraction of sp³-hybridized carbons (Fsp3) is 0.934. The molecule has 0 spiro atoms. The molecule has 0 aromatic heterocycles. The number of carbonyl (C=O) groups is 4. The van der Waals surface area contributed by atoms with Crippen molar-refractivity contribution in [1.29, 1.82) is 0 Å². The maximum atomic E-state index is 13.0. The standard InChI is InChI=1S/C61H118O17P2/c1-6-10-13-16-17-18-19-20-21-22-23-24-25-26-27-28-29-30-37-42-47-61(66)78-57(51-72-59(64)45-40-36-32-31-35-38-43-54(5)9-4)53-76-80(69,70)74-49-55(62)48-73-79(67,68)75-52-56(77-60(65)46-41-34-15-12-8-3)50-71-58(63)44-39-33-14-11-7-2/h54-57,62H,6-53H2,1-5H3,(H,67,68)(H,69,70)/t54?,55-,56+,57+/m0/s1. The number of phosphoric ester groups is 2. The van der Waals surface area contributed by atoms with Gasteiger partial charge in [0.15, 0.2) is 12.2 Å². The summed E-state index contributed by atoms with van der Waals surface area (Å²) in [5.41, 5.74) is 0. The van der Waals surface area contributed by atoms with Gasteiger partial charge in [-0.2, -0.15) is 0 Å². The summed E-state index contributed by atoms with van der Waals surface area (Å²) in [5, 5.41) is 10.5. The van der Waals surface area contributed by atoms with Crippen LogP contribution >= 0.6 is 15.6 Å². The summed E-state index contributed by atoms with van der Waals surface area (Å²) in [6, 6.07) is 0. The molecule has 0 aromatic rings. The molecule has 474 valence electrons. The van der Waals surface area contributed by atoms with Crippen molar-refractivity contribution >= 4 is 39.5 Å². The van der Waals surface area contributed by atoms with Crippen LogP contribution < -0.4 is 0 Å². The Labute approximate surface area is 486 Å². The number of unbranched alkanes of at least 4 members (excludes halogenated alkanes) is 32. The molecule has 0 saturated carbocycles. The molecular weight excluding hydrogens is 1070 g/mol. The van der Waals surface area contributed by atoms with Crippen molar-refractivity contribution in [2.75, 3.05) is 39.6 Å². The quantitative estimate of drug-likeness (QED) is 0.0222. The van der Waals surface area contributed by atoms with E-state index in [4.69, 9.17) is 37.0 Å². The molecule has 3 unspecified atom stereocenters. The zero-order valence-electron chi connectivity index (χ0n) is 51.2. The molecule has 0 aliphatic rings. The van der Waals surface area contributed by atoms with Gasteiger partial charge in [-0.05, 0) is 31.6 Å². The fourth-order valence-corrected chi connectivity index (χ4v) is 10.6. The van der Waals surface area contributed by atoms with Crippen LogP contribution in [0.15, 0.2) is 0 Å². The summed E-state index contributed by atoms with van der Waals surface area (Å²) in [4.78, 5) is 71.5. The molecule has 0 aromatic carbocycles. The van der Waals surface area contributed by atoms with E-state index in [1.807, 2.05) is 0 Å². The molecule has 17 nitrogen and oxygen atoms in total. The molecule has 0 aliphatic heterocycles. The first-order valence-electron chi connectivity index (χ1n) is 32.2. The lowest BCUT2D eigenvalue weighted by Crippen LogP contribution is -2.30. The monoisotopic (exact) mass is 1180 g/mol. The molecule has 0 bridgehead atoms. The average molecular weight is 1190 g/mol. The fourth-order valence-electron chi connectivity index (χ4n) is 9.02. The van der Waals surface area contributed by atoms with Gasteiger partial charge in [0, 0.05) is 25.7 Å². The van der Waals surface area contributed by atoms with Crippen LogP contribution in [0.2, 0.25) is 0 Å². The number of phosphoric acid groups is 2. The Morgan fingerprint density at radius 2 is 0.600 bits per heavy atom. The van der Waals surface area contributed by atoms with Gasteiger partial charge in [-0.25, -0.2) is 9.13 Å². The van der Waals surface area contributed by atoms with Gasteiger partial charge >= 0.3 is 39.5 Å². The summed E-state index contributed by atoms with van der Waals surface area (Å²) >= 11 is 0. The molecule has 0 heterocycles. The minimum Gasteiger partial charge on any atom is -0.462 e. The molecule has 0 rings (SSSR count). The lowest BCUT2D eigenvalue weighted by molar-refractivity contribution is -0.161. The number of rotatable bonds is 61. The number of carbonyl (C=O) groups excluding carboxylic acids is 4. The maximum Gasteiger partial charge on any atom is 0.472 e. The van der Waals surface area contributed by atoms with Crippen LogP contribution in [-0.2, 0) is 65.4 Å². The number of aliphatic hydroxyl groups is 1. The van der Waals surface area contributed by atoms with Crippen molar-refractivity contribution in [1.82, 2.24) is 0 Å². The zero-order chi connectivity index (χ0) is 59.2. The Morgan fingerprint density at radius 3 is 0.887 bits per heavy atom. The van der Waals surface area contributed by atoms with E-state index in [0.29, 0.717) is 25.7 Å². The van der Waals surface area contributed by atoms with Gasteiger partial charge in [-0.1, -0.05) is 253 Å². The number of ether oxygens (including phenoxy) is 4. The molecule has 6 atom stereocenters. The molecule has 0 aliphatic carbocycles. The van der Waals surface area contributed by atoms with Crippen molar-refractivity contribution < 1.29 is 80.2 Å². The van der Waals surface area contributed by atoms with Gasteiger partial charge in [0.25, 0.3) is 0 Å². The predicted molar refractivity (Wildman–Crippen MR) is 317 cm³/mol. The first kappa shape index (κ1) is 78.1. The van der Waals surface area contributed by atoms with Crippen LogP contribution in [0.4, 0.5) is 0 Å². The Bertz CT molecular complexity index is 1570. The van der Waals surface area contributed by atoms with E-state index in [-0.39, 0.29) is 25.7 Å². The number of aliphatic hydroxyl groups excluding tert-OH is 1.